The summed E-state index contributed by atoms with van der Waals surface area (Å²) < 4.78 is 10.5. The van der Waals surface area contributed by atoms with Crippen molar-refractivity contribution in [2.75, 3.05) is 7.11 Å². The predicted octanol–water partition coefficient (Wildman–Crippen LogP) is 8.23. The number of carbonyl (C=O) groups excluding carboxylic acids is 1. The highest BCUT2D eigenvalue weighted by atomic mass is 32.2. The summed E-state index contributed by atoms with van der Waals surface area (Å²) >= 11 is 1.44. The number of thioether (sulfide) groups is 1. The number of carboxylic acids is 1. The van der Waals surface area contributed by atoms with E-state index in [2.05, 4.69) is 31.2 Å². The minimum Gasteiger partial charge on any atom is -0.475 e. The zero-order valence-electron chi connectivity index (χ0n) is 26.2. The van der Waals surface area contributed by atoms with E-state index in [1.54, 1.807) is 6.07 Å². The summed E-state index contributed by atoms with van der Waals surface area (Å²) in [5.41, 5.74) is 2.94. The Balaban J connectivity index is 1.84. The maximum absolute atomic E-state index is 12.7. The second kappa shape index (κ2) is 18.4. The Morgan fingerprint density at radius 3 is 2.36 bits per heavy atom. The molecule has 44 heavy (non-hydrogen) atoms. The molecule has 0 saturated carbocycles. The van der Waals surface area contributed by atoms with Gasteiger partial charge in [-0.1, -0.05) is 88.8 Å². The minimum atomic E-state index is -1.30. The van der Waals surface area contributed by atoms with Crippen molar-refractivity contribution in [3.05, 3.63) is 81.2 Å². The number of aryl methyl sites for hydroxylation is 2. The van der Waals surface area contributed by atoms with Gasteiger partial charge in [-0.25, -0.2) is 4.79 Å². The molecule has 2 N–H and O–H groups in total. The van der Waals surface area contributed by atoms with Crippen molar-refractivity contribution in [1.82, 2.24) is 0 Å². The minimum absolute atomic E-state index is 0.217. The van der Waals surface area contributed by atoms with Gasteiger partial charge in [-0.2, -0.15) is 0 Å². The third-order valence-electron chi connectivity index (χ3n) is 7.70. The molecule has 0 aliphatic carbocycles. The summed E-state index contributed by atoms with van der Waals surface area (Å²) in [6, 6.07) is 13.0. The Morgan fingerprint density at radius 2 is 1.68 bits per heavy atom. The number of carbonyl (C=O) groups is 2. The SMILES string of the molecule is CCCCCCCCc1ccc(/C=C/C(Sc2ccc3c(=O)cc(C(=O)O)oc3c2CCC)C(O)CCCC(=O)OC)cc1. The molecule has 0 aliphatic heterocycles. The molecule has 0 spiro atoms. The monoisotopic (exact) mass is 622 g/mol. The zero-order chi connectivity index (χ0) is 31.9. The Morgan fingerprint density at radius 1 is 0.955 bits per heavy atom. The molecule has 2 unspecified atom stereocenters. The number of carboxylic acid groups (broad SMARTS) is 1. The first-order chi connectivity index (χ1) is 21.3. The van der Waals surface area contributed by atoms with Crippen molar-refractivity contribution >= 4 is 40.7 Å². The van der Waals surface area contributed by atoms with Gasteiger partial charge in [-0.3, -0.25) is 9.59 Å². The van der Waals surface area contributed by atoms with Gasteiger partial charge in [-0.05, 0) is 55.4 Å². The van der Waals surface area contributed by atoms with E-state index in [0.717, 1.165) is 34.9 Å². The Bertz CT molecular complexity index is 1440. The molecule has 2 aromatic carbocycles. The average Bonchev–Trinajstić information content (AvgIpc) is 3.02. The van der Waals surface area contributed by atoms with Crippen molar-refractivity contribution in [3.8, 4) is 0 Å². The molecule has 238 valence electrons. The first-order valence-corrected chi connectivity index (χ1v) is 16.7. The average molecular weight is 623 g/mol. The number of esters is 1. The topological polar surface area (TPSA) is 114 Å². The van der Waals surface area contributed by atoms with E-state index in [1.807, 2.05) is 25.1 Å². The van der Waals surface area contributed by atoms with Crippen LogP contribution in [0.15, 0.2) is 62.6 Å². The van der Waals surface area contributed by atoms with Crippen LogP contribution in [0.2, 0.25) is 0 Å². The fourth-order valence-electron chi connectivity index (χ4n) is 5.18. The molecule has 2 atom stereocenters. The highest BCUT2D eigenvalue weighted by Crippen LogP contribution is 2.35. The lowest BCUT2D eigenvalue weighted by Gasteiger charge is -2.21. The molecular weight excluding hydrogens is 576 g/mol. The maximum atomic E-state index is 12.7. The van der Waals surface area contributed by atoms with Gasteiger partial charge in [0, 0.05) is 22.9 Å². The molecular formula is C36H46O7S. The van der Waals surface area contributed by atoms with Gasteiger partial charge < -0.3 is 19.4 Å². The van der Waals surface area contributed by atoms with E-state index in [4.69, 9.17) is 9.15 Å². The van der Waals surface area contributed by atoms with Gasteiger partial charge >= 0.3 is 11.9 Å². The Labute approximate surface area is 264 Å². The lowest BCUT2D eigenvalue weighted by molar-refractivity contribution is -0.140. The quantitative estimate of drug-likeness (QED) is 0.0781. The molecule has 0 fully saturated rings. The molecule has 0 bridgehead atoms. The van der Waals surface area contributed by atoms with Gasteiger partial charge in [0.15, 0.2) is 5.43 Å². The van der Waals surface area contributed by atoms with E-state index in [9.17, 15) is 24.6 Å². The Kier molecular flexibility index (Phi) is 14.7. The lowest BCUT2D eigenvalue weighted by atomic mass is 10.0. The summed E-state index contributed by atoms with van der Waals surface area (Å²) in [6.45, 7) is 4.23. The number of aromatic carboxylic acids is 1. The van der Waals surface area contributed by atoms with E-state index in [-0.39, 0.29) is 23.2 Å². The van der Waals surface area contributed by atoms with E-state index in [1.165, 1.54) is 63.0 Å². The number of ether oxygens (including phenoxy) is 1. The van der Waals surface area contributed by atoms with Crippen LogP contribution in [0.5, 0.6) is 0 Å². The van der Waals surface area contributed by atoms with Crippen LogP contribution in [0.25, 0.3) is 17.0 Å². The molecule has 3 aromatic rings. The van der Waals surface area contributed by atoms with Crippen molar-refractivity contribution in [2.24, 2.45) is 0 Å². The van der Waals surface area contributed by atoms with Crippen LogP contribution >= 0.6 is 11.8 Å². The van der Waals surface area contributed by atoms with Gasteiger partial charge in [0.05, 0.1) is 23.8 Å². The summed E-state index contributed by atoms with van der Waals surface area (Å²) in [4.78, 5) is 36.8. The second-order valence-corrected chi connectivity index (χ2v) is 12.4. The van der Waals surface area contributed by atoms with Crippen molar-refractivity contribution < 1.29 is 29.0 Å². The number of hydrogen-bond donors (Lipinski definition) is 2. The molecule has 0 radical (unpaired) electrons. The number of hydrogen-bond acceptors (Lipinski definition) is 7. The number of fused-ring (bicyclic) bond motifs is 1. The van der Waals surface area contributed by atoms with Crippen molar-refractivity contribution in [1.29, 1.82) is 0 Å². The predicted molar refractivity (Wildman–Crippen MR) is 178 cm³/mol. The van der Waals surface area contributed by atoms with Crippen molar-refractivity contribution in [2.45, 2.75) is 107 Å². The van der Waals surface area contributed by atoms with Crippen LogP contribution in [-0.4, -0.2) is 40.6 Å². The second-order valence-electron chi connectivity index (χ2n) is 11.2. The lowest BCUT2D eigenvalue weighted by Crippen LogP contribution is -2.21. The molecule has 8 heteroatoms. The number of aliphatic hydroxyl groups is 1. The van der Waals surface area contributed by atoms with Gasteiger partial charge in [0.25, 0.3) is 0 Å². The third-order valence-corrected chi connectivity index (χ3v) is 9.08. The van der Waals surface area contributed by atoms with E-state index < -0.39 is 23.3 Å². The summed E-state index contributed by atoms with van der Waals surface area (Å²) in [6.07, 6.45) is 14.3. The fraction of sp³-hybridized carbons (Fsp3) is 0.472. The van der Waals surface area contributed by atoms with E-state index >= 15 is 0 Å². The smallest absolute Gasteiger partial charge is 0.371 e. The number of benzene rings is 2. The molecule has 7 nitrogen and oxygen atoms in total. The normalized spacial score (nSPS) is 12.9. The van der Waals surface area contributed by atoms with Crippen LogP contribution in [-0.2, 0) is 22.4 Å². The first kappa shape index (κ1) is 35.1. The van der Waals surface area contributed by atoms with Crippen LogP contribution in [0, 0.1) is 0 Å². The van der Waals surface area contributed by atoms with Crippen LogP contribution < -0.4 is 5.43 Å². The van der Waals surface area contributed by atoms with Crippen LogP contribution in [0.4, 0.5) is 0 Å². The third kappa shape index (κ3) is 10.7. The number of unbranched alkanes of at least 4 members (excludes halogenated alkanes) is 5. The van der Waals surface area contributed by atoms with Gasteiger partial charge in [0.2, 0.25) is 5.76 Å². The largest absolute Gasteiger partial charge is 0.475 e. The maximum Gasteiger partial charge on any atom is 0.371 e. The van der Waals surface area contributed by atoms with Crippen LogP contribution in [0.1, 0.15) is 105 Å². The number of methoxy groups -OCH3 is 1. The highest BCUT2D eigenvalue weighted by Gasteiger charge is 2.22. The summed E-state index contributed by atoms with van der Waals surface area (Å²) in [5.74, 6) is -2.02. The number of rotatable bonds is 19. The standard InChI is InChI=1S/C36H46O7S/c1-4-6-7-8-9-10-13-25-16-18-26(19-17-25)20-22-33(29(37)14-11-15-34(39)42-3)44-32-23-21-27-30(38)24-31(36(40)41)43-35(27)28(32)12-5-2/h16-24,29,33,37H,4-15H2,1-3H3,(H,40,41)/b22-20+. The summed E-state index contributed by atoms with van der Waals surface area (Å²) in [5, 5.41) is 20.7. The van der Waals surface area contributed by atoms with Gasteiger partial charge in [0.1, 0.15) is 5.58 Å². The fourth-order valence-corrected chi connectivity index (χ4v) is 6.41. The molecule has 0 amide bonds. The molecule has 0 saturated heterocycles. The molecule has 0 aliphatic rings. The van der Waals surface area contributed by atoms with Crippen molar-refractivity contribution in [3.63, 3.8) is 0 Å². The van der Waals surface area contributed by atoms with Gasteiger partial charge in [-0.15, -0.1) is 11.8 Å². The molecule has 1 aromatic heterocycles. The summed E-state index contributed by atoms with van der Waals surface area (Å²) in [7, 11) is 1.35. The highest BCUT2D eigenvalue weighted by molar-refractivity contribution is 8.00. The zero-order valence-corrected chi connectivity index (χ0v) is 27.0. The van der Waals surface area contributed by atoms with E-state index in [0.29, 0.717) is 24.6 Å². The number of aliphatic hydroxyl groups excluding tert-OH is 1. The van der Waals surface area contributed by atoms with Crippen LogP contribution in [0.3, 0.4) is 0 Å². The molecule has 3 rings (SSSR count). The Hall–Kier alpha value is -3.36. The first-order valence-electron chi connectivity index (χ1n) is 15.8. The molecule has 1 heterocycles.